The number of ether oxygens (including phenoxy) is 1. The highest BCUT2D eigenvalue weighted by Crippen LogP contribution is 2.21. The summed E-state index contributed by atoms with van der Waals surface area (Å²) in [7, 11) is -3.97. The molecule has 0 amide bonds. The van der Waals surface area contributed by atoms with E-state index in [0.29, 0.717) is 0 Å². The molecule has 0 aromatic carbocycles. The van der Waals surface area contributed by atoms with E-state index in [9.17, 15) is 18.3 Å². The fraction of sp³-hybridized carbons (Fsp3) is 0.889. The lowest BCUT2D eigenvalue weighted by Crippen LogP contribution is -2.55. The normalized spacial score (nSPS) is 18.7. The smallest absolute Gasteiger partial charge is 0.314 e. The molecule has 0 saturated heterocycles. The Balaban J connectivity index is 4.96. The minimum absolute atomic E-state index is 0.758. The summed E-state index contributed by atoms with van der Waals surface area (Å²) in [5, 5.41) is 6.96. The summed E-state index contributed by atoms with van der Waals surface area (Å²) >= 11 is 0. The van der Waals surface area contributed by atoms with Crippen molar-refractivity contribution < 1.29 is 23.1 Å². The first-order chi connectivity index (χ1) is 6.79. The Kier molecular flexibility index (Phi) is 4.13. The Morgan fingerprint density at radius 1 is 1.38 bits per heavy atom. The summed E-state index contributed by atoms with van der Waals surface area (Å²) in [6.07, 6.45) is 0.758. The van der Waals surface area contributed by atoms with E-state index in [0.717, 1.165) is 6.26 Å². The summed E-state index contributed by atoms with van der Waals surface area (Å²) in [6.45, 7) is 6.10. The van der Waals surface area contributed by atoms with Crippen LogP contribution in [0.15, 0.2) is 0 Å². The van der Waals surface area contributed by atoms with Crippen LogP contribution in [-0.2, 0) is 19.4 Å². The zero-order chi connectivity index (χ0) is 13.4. The molecule has 0 aromatic rings. The van der Waals surface area contributed by atoms with Gasteiger partial charge in [-0.15, -0.1) is 0 Å². The molecule has 0 bridgehead atoms. The number of nitrogens with two attached hydrogens (primary N) is 1. The Labute approximate surface area is 95.7 Å². The van der Waals surface area contributed by atoms with Gasteiger partial charge in [-0.2, -0.15) is 0 Å². The van der Waals surface area contributed by atoms with Crippen LogP contribution >= 0.6 is 0 Å². The fourth-order valence-electron chi connectivity index (χ4n) is 0.880. The highest BCUT2D eigenvalue weighted by atomic mass is 32.2. The molecular weight excluding hydrogens is 234 g/mol. The molecule has 3 N–H and O–H groups in total. The van der Waals surface area contributed by atoms with E-state index < -0.39 is 32.4 Å². The zero-order valence-corrected chi connectivity index (χ0v) is 11.0. The molecule has 6 nitrogen and oxygen atoms in total. The first kappa shape index (κ1) is 15.3. The van der Waals surface area contributed by atoms with Crippen LogP contribution in [0.5, 0.6) is 0 Å². The van der Waals surface area contributed by atoms with Crippen LogP contribution in [0.4, 0.5) is 0 Å². The first-order valence-electron chi connectivity index (χ1n) is 4.73. The Morgan fingerprint density at radius 2 is 1.75 bits per heavy atom. The molecule has 0 saturated carbocycles. The molecule has 0 aliphatic rings. The third-order valence-electron chi connectivity index (χ3n) is 1.97. The van der Waals surface area contributed by atoms with Crippen LogP contribution in [0.3, 0.4) is 0 Å². The minimum Gasteiger partial charge on any atom is -0.460 e. The van der Waals surface area contributed by atoms with Gasteiger partial charge in [0.15, 0.2) is 9.84 Å². The van der Waals surface area contributed by atoms with Crippen LogP contribution in [-0.4, -0.2) is 36.4 Å². The van der Waals surface area contributed by atoms with E-state index in [4.69, 9.17) is 10.5 Å². The average Bonchev–Trinajstić information content (AvgIpc) is 1.97. The van der Waals surface area contributed by atoms with Crippen LogP contribution in [0.1, 0.15) is 27.7 Å². The summed E-state index contributed by atoms with van der Waals surface area (Å²) in [5.41, 5.74) is 4.46. The molecule has 0 aliphatic carbocycles. The molecule has 7 heteroatoms. The second-order valence-corrected chi connectivity index (χ2v) is 6.98. The summed E-state index contributed by atoms with van der Waals surface area (Å²) in [5.74, 6) is -2.22. The van der Waals surface area contributed by atoms with Gasteiger partial charge in [0.25, 0.3) is 0 Å². The van der Waals surface area contributed by atoms with Crippen molar-refractivity contribution in [3.8, 4) is 0 Å². The molecule has 2 atom stereocenters. The maximum atomic E-state index is 11.5. The predicted molar refractivity (Wildman–Crippen MR) is 59.0 cm³/mol. The molecule has 16 heavy (non-hydrogen) atoms. The number of sulfone groups is 1. The van der Waals surface area contributed by atoms with Crippen LogP contribution in [0, 0.1) is 5.92 Å². The molecule has 0 radical (unpaired) electrons. The van der Waals surface area contributed by atoms with Gasteiger partial charge in [0.2, 0.25) is 5.06 Å². The number of rotatable bonds is 3. The van der Waals surface area contributed by atoms with Crippen molar-refractivity contribution in [1.82, 2.24) is 0 Å². The lowest BCUT2D eigenvalue weighted by Gasteiger charge is -2.29. The van der Waals surface area contributed by atoms with Gasteiger partial charge >= 0.3 is 5.97 Å². The summed E-state index contributed by atoms with van der Waals surface area (Å²) in [6, 6.07) is 0. The number of carbonyl (C=O) groups is 1. The van der Waals surface area contributed by atoms with Crippen molar-refractivity contribution in [2.45, 2.75) is 38.4 Å². The first-order valence-corrected chi connectivity index (χ1v) is 6.62. The van der Waals surface area contributed by atoms with Gasteiger partial charge in [-0.05, 0) is 27.7 Å². The maximum absolute atomic E-state index is 11.5. The molecule has 0 spiro atoms. The highest BCUT2D eigenvalue weighted by Gasteiger charge is 2.45. The van der Waals surface area contributed by atoms with Crippen LogP contribution in [0.2, 0.25) is 0 Å². The largest absolute Gasteiger partial charge is 0.460 e. The molecule has 0 aliphatic heterocycles. The third-order valence-corrected chi connectivity index (χ3v) is 3.52. The van der Waals surface area contributed by atoms with Crippen LogP contribution < -0.4 is 5.73 Å². The van der Waals surface area contributed by atoms with Gasteiger partial charge < -0.3 is 9.84 Å². The molecule has 0 aromatic heterocycles. The van der Waals surface area contributed by atoms with Crippen molar-refractivity contribution in [3.63, 3.8) is 0 Å². The lowest BCUT2D eigenvalue weighted by atomic mass is 10.1. The standard InChI is InChI=1S/C9H19NO5S/c1-6(7(11)15-8(2,3)4)9(10,12)16(5,13)14/h6,12H,10H2,1-5H3/t6?,9-/m1/s1. The number of hydrogen-bond donors (Lipinski definition) is 2. The second-order valence-electron chi connectivity index (χ2n) is 4.78. The van der Waals surface area contributed by atoms with Gasteiger partial charge in [0, 0.05) is 6.26 Å². The quantitative estimate of drug-likeness (QED) is 0.524. The van der Waals surface area contributed by atoms with Crippen molar-refractivity contribution in [2.75, 3.05) is 6.26 Å². The van der Waals surface area contributed by atoms with Gasteiger partial charge in [0.1, 0.15) is 11.5 Å². The summed E-state index contributed by atoms with van der Waals surface area (Å²) in [4.78, 5) is 11.5. The Morgan fingerprint density at radius 3 is 2.00 bits per heavy atom. The predicted octanol–water partition coefficient (Wildman–Crippen LogP) is -0.386. The van der Waals surface area contributed by atoms with Crippen molar-refractivity contribution in [1.29, 1.82) is 0 Å². The van der Waals surface area contributed by atoms with Crippen LogP contribution in [0.25, 0.3) is 0 Å². The number of esters is 1. The number of aliphatic hydroxyl groups is 1. The molecular formula is C9H19NO5S. The summed E-state index contributed by atoms with van der Waals surface area (Å²) < 4.78 is 27.3. The SMILES string of the molecule is CC(C(=O)OC(C)(C)C)[C@@](N)(O)S(C)(=O)=O. The molecule has 1 unspecified atom stereocenters. The van der Waals surface area contributed by atoms with Crippen molar-refractivity contribution >= 4 is 15.8 Å². The number of carbonyl (C=O) groups excluding carboxylic acids is 1. The van der Waals surface area contributed by atoms with Crippen molar-refractivity contribution in [3.05, 3.63) is 0 Å². The fourth-order valence-corrected chi connectivity index (χ4v) is 1.62. The topological polar surface area (TPSA) is 107 Å². The van der Waals surface area contributed by atoms with E-state index in [1.807, 2.05) is 0 Å². The molecule has 0 fully saturated rings. The van der Waals surface area contributed by atoms with E-state index in [-0.39, 0.29) is 0 Å². The molecule has 0 rings (SSSR count). The maximum Gasteiger partial charge on any atom is 0.314 e. The molecule has 0 heterocycles. The third kappa shape index (κ3) is 3.73. The van der Waals surface area contributed by atoms with Crippen molar-refractivity contribution in [2.24, 2.45) is 11.7 Å². The highest BCUT2D eigenvalue weighted by molar-refractivity contribution is 7.91. The van der Waals surface area contributed by atoms with Gasteiger partial charge in [-0.3, -0.25) is 10.5 Å². The van der Waals surface area contributed by atoms with E-state index in [2.05, 4.69) is 0 Å². The van der Waals surface area contributed by atoms with Gasteiger partial charge in [-0.1, -0.05) is 0 Å². The lowest BCUT2D eigenvalue weighted by molar-refractivity contribution is -0.164. The van der Waals surface area contributed by atoms with Gasteiger partial charge in [-0.25, -0.2) is 8.42 Å². The average molecular weight is 253 g/mol. The van der Waals surface area contributed by atoms with Gasteiger partial charge in [0.05, 0.1) is 0 Å². The second kappa shape index (κ2) is 4.31. The Hall–Kier alpha value is -0.660. The van der Waals surface area contributed by atoms with E-state index in [1.54, 1.807) is 20.8 Å². The molecule has 96 valence electrons. The van der Waals surface area contributed by atoms with E-state index in [1.165, 1.54) is 6.92 Å². The number of hydrogen-bond acceptors (Lipinski definition) is 6. The minimum atomic E-state index is -3.97. The monoisotopic (exact) mass is 253 g/mol. The zero-order valence-electron chi connectivity index (χ0n) is 10.1. The Bertz CT molecular complexity index is 366. The van der Waals surface area contributed by atoms with E-state index >= 15 is 0 Å².